The molecule has 0 saturated heterocycles. The lowest BCUT2D eigenvalue weighted by Crippen LogP contribution is -1.81. The molecule has 0 fully saturated rings. The fourth-order valence-electron chi connectivity index (χ4n) is 1.37. The fraction of sp³-hybridized carbons (Fsp3) is 0.0833. The quantitative estimate of drug-likeness (QED) is 0.741. The van der Waals surface area contributed by atoms with Crippen LogP contribution < -0.4 is 0 Å². The summed E-state index contributed by atoms with van der Waals surface area (Å²) in [6.45, 7) is 1.88. The lowest BCUT2D eigenvalue weighted by Gasteiger charge is -2.03. The first-order chi connectivity index (χ1) is 6.77. The standard InChI is InChI=1S/C12H11NO/c1-9-7-10(4-5-12(9)14)11-3-2-6-13-8-11/h2-8,14H,1H3. The average Bonchev–Trinajstić information content (AvgIpc) is 2.23. The maximum Gasteiger partial charge on any atom is 0.118 e. The molecule has 14 heavy (non-hydrogen) atoms. The second kappa shape index (κ2) is 3.50. The van der Waals surface area contributed by atoms with Crippen molar-refractivity contribution in [1.82, 2.24) is 4.98 Å². The predicted molar refractivity (Wildman–Crippen MR) is 56.1 cm³/mol. The Labute approximate surface area is 82.9 Å². The summed E-state index contributed by atoms with van der Waals surface area (Å²) in [5.74, 6) is 0.331. The maximum atomic E-state index is 9.37. The van der Waals surface area contributed by atoms with Gasteiger partial charge in [0, 0.05) is 18.0 Å². The fourth-order valence-corrected chi connectivity index (χ4v) is 1.37. The minimum Gasteiger partial charge on any atom is -0.508 e. The maximum absolute atomic E-state index is 9.37. The van der Waals surface area contributed by atoms with Gasteiger partial charge >= 0.3 is 0 Å². The molecule has 1 heterocycles. The highest BCUT2D eigenvalue weighted by molar-refractivity contribution is 5.64. The van der Waals surface area contributed by atoms with Crippen LogP contribution in [0.3, 0.4) is 0 Å². The van der Waals surface area contributed by atoms with E-state index in [0.717, 1.165) is 16.7 Å². The van der Waals surface area contributed by atoms with E-state index in [1.54, 1.807) is 12.3 Å². The number of nitrogens with zero attached hydrogens (tertiary/aromatic N) is 1. The second-order valence-electron chi connectivity index (χ2n) is 3.24. The van der Waals surface area contributed by atoms with Gasteiger partial charge in [-0.05, 0) is 36.2 Å². The topological polar surface area (TPSA) is 33.1 Å². The molecule has 0 aliphatic carbocycles. The van der Waals surface area contributed by atoms with Crippen molar-refractivity contribution in [3.8, 4) is 16.9 Å². The molecule has 2 rings (SSSR count). The number of rotatable bonds is 1. The van der Waals surface area contributed by atoms with Gasteiger partial charge in [0.2, 0.25) is 0 Å². The highest BCUT2D eigenvalue weighted by Gasteiger charge is 2.00. The lowest BCUT2D eigenvalue weighted by molar-refractivity contribution is 0.471. The van der Waals surface area contributed by atoms with E-state index in [0.29, 0.717) is 5.75 Å². The molecule has 0 radical (unpaired) electrons. The Morgan fingerprint density at radius 2 is 2.00 bits per heavy atom. The van der Waals surface area contributed by atoms with E-state index in [1.807, 2.05) is 37.4 Å². The summed E-state index contributed by atoms with van der Waals surface area (Å²) < 4.78 is 0. The zero-order chi connectivity index (χ0) is 9.97. The van der Waals surface area contributed by atoms with E-state index in [1.165, 1.54) is 0 Å². The predicted octanol–water partition coefficient (Wildman–Crippen LogP) is 2.76. The Morgan fingerprint density at radius 1 is 1.14 bits per heavy atom. The summed E-state index contributed by atoms with van der Waals surface area (Å²) in [6, 6.07) is 9.44. The van der Waals surface area contributed by atoms with Gasteiger partial charge in [-0.1, -0.05) is 12.1 Å². The Kier molecular flexibility index (Phi) is 2.19. The molecule has 1 aromatic carbocycles. The number of phenols is 1. The first kappa shape index (κ1) is 8.75. The minimum atomic E-state index is 0.331. The Bertz CT molecular complexity index is 437. The summed E-state index contributed by atoms with van der Waals surface area (Å²) in [4.78, 5) is 4.05. The van der Waals surface area contributed by atoms with Crippen LogP contribution in [0.1, 0.15) is 5.56 Å². The molecular formula is C12H11NO. The van der Waals surface area contributed by atoms with Crippen LogP contribution >= 0.6 is 0 Å². The van der Waals surface area contributed by atoms with Crippen molar-refractivity contribution in [3.63, 3.8) is 0 Å². The summed E-state index contributed by atoms with van der Waals surface area (Å²) in [6.07, 6.45) is 3.56. The van der Waals surface area contributed by atoms with E-state index in [2.05, 4.69) is 4.98 Å². The number of pyridine rings is 1. The second-order valence-corrected chi connectivity index (χ2v) is 3.24. The minimum absolute atomic E-state index is 0.331. The van der Waals surface area contributed by atoms with Crippen molar-refractivity contribution < 1.29 is 5.11 Å². The molecule has 0 aliphatic rings. The van der Waals surface area contributed by atoms with Crippen LogP contribution in [0, 0.1) is 6.92 Å². The Morgan fingerprint density at radius 3 is 2.64 bits per heavy atom. The van der Waals surface area contributed by atoms with Crippen molar-refractivity contribution in [2.45, 2.75) is 6.92 Å². The van der Waals surface area contributed by atoms with Gasteiger partial charge in [0.05, 0.1) is 0 Å². The first-order valence-corrected chi connectivity index (χ1v) is 4.47. The molecule has 0 amide bonds. The van der Waals surface area contributed by atoms with Crippen molar-refractivity contribution in [2.75, 3.05) is 0 Å². The van der Waals surface area contributed by atoms with Crippen LogP contribution in [0.2, 0.25) is 0 Å². The average molecular weight is 185 g/mol. The third-order valence-corrected chi connectivity index (χ3v) is 2.19. The molecule has 0 spiro atoms. The normalized spacial score (nSPS) is 10.1. The molecule has 0 unspecified atom stereocenters. The van der Waals surface area contributed by atoms with Gasteiger partial charge in [-0.2, -0.15) is 0 Å². The van der Waals surface area contributed by atoms with Gasteiger partial charge in [0.25, 0.3) is 0 Å². The van der Waals surface area contributed by atoms with Crippen LogP contribution in [-0.4, -0.2) is 10.1 Å². The summed E-state index contributed by atoms with van der Waals surface area (Å²) >= 11 is 0. The van der Waals surface area contributed by atoms with E-state index in [4.69, 9.17) is 0 Å². The molecule has 0 saturated carbocycles. The van der Waals surface area contributed by atoms with Crippen molar-refractivity contribution >= 4 is 0 Å². The molecule has 1 N–H and O–H groups in total. The van der Waals surface area contributed by atoms with Crippen molar-refractivity contribution in [3.05, 3.63) is 48.3 Å². The summed E-state index contributed by atoms with van der Waals surface area (Å²) in [5.41, 5.74) is 3.02. The molecular weight excluding hydrogens is 174 g/mol. The zero-order valence-corrected chi connectivity index (χ0v) is 7.94. The van der Waals surface area contributed by atoms with Crippen molar-refractivity contribution in [1.29, 1.82) is 0 Å². The van der Waals surface area contributed by atoms with E-state index >= 15 is 0 Å². The SMILES string of the molecule is Cc1cc(-c2cccnc2)ccc1O. The van der Waals surface area contributed by atoms with Gasteiger partial charge in [-0.3, -0.25) is 4.98 Å². The third kappa shape index (κ3) is 1.59. The highest BCUT2D eigenvalue weighted by Crippen LogP contribution is 2.24. The lowest BCUT2D eigenvalue weighted by atomic mass is 10.1. The zero-order valence-electron chi connectivity index (χ0n) is 7.94. The molecule has 70 valence electrons. The van der Waals surface area contributed by atoms with E-state index in [9.17, 15) is 5.11 Å². The van der Waals surface area contributed by atoms with Crippen LogP contribution in [0.25, 0.3) is 11.1 Å². The van der Waals surface area contributed by atoms with E-state index in [-0.39, 0.29) is 0 Å². The molecule has 1 aromatic heterocycles. The smallest absolute Gasteiger partial charge is 0.118 e. The molecule has 2 nitrogen and oxygen atoms in total. The number of hydrogen-bond donors (Lipinski definition) is 1. The van der Waals surface area contributed by atoms with Crippen LogP contribution in [0.4, 0.5) is 0 Å². The number of benzene rings is 1. The van der Waals surface area contributed by atoms with Crippen molar-refractivity contribution in [2.24, 2.45) is 0 Å². The summed E-state index contributed by atoms with van der Waals surface area (Å²) in [7, 11) is 0. The highest BCUT2D eigenvalue weighted by atomic mass is 16.3. The largest absolute Gasteiger partial charge is 0.508 e. The third-order valence-electron chi connectivity index (χ3n) is 2.19. The first-order valence-electron chi connectivity index (χ1n) is 4.47. The van der Waals surface area contributed by atoms with Gasteiger partial charge in [0.15, 0.2) is 0 Å². The van der Waals surface area contributed by atoms with Gasteiger partial charge in [-0.15, -0.1) is 0 Å². The molecule has 0 aliphatic heterocycles. The number of aryl methyl sites for hydroxylation is 1. The Balaban J connectivity index is 2.48. The van der Waals surface area contributed by atoms with E-state index < -0.39 is 0 Å². The van der Waals surface area contributed by atoms with Crippen LogP contribution in [-0.2, 0) is 0 Å². The van der Waals surface area contributed by atoms with Crippen LogP contribution in [0.5, 0.6) is 5.75 Å². The van der Waals surface area contributed by atoms with Gasteiger partial charge < -0.3 is 5.11 Å². The van der Waals surface area contributed by atoms with Gasteiger partial charge in [0.1, 0.15) is 5.75 Å². The van der Waals surface area contributed by atoms with Gasteiger partial charge in [-0.25, -0.2) is 0 Å². The number of hydrogen-bond acceptors (Lipinski definition) is 2. The Hall–Kier alpha value is -1.83. The van der Waals surface area contributed by atoms with Crippen LogP contribution in [0.15, 0.2) is 42.7 Å². The molecule has 2 aromatic rings. The summed E-state index contributed by atoms with van der Waals surface area (Å²) in [5, 5.41) is 9.37. The molecule has 2 heteroatoms. The number of aromatic hydroxyl groups is 1. The number of aromatic nitrogens is 1. The molecule has 0 atom stereocenters. The molecule has 0 bridgehead atoms. The number of phenolic OH excluding ortho intramolecular Hbond substituents is 1. The monoisotopic (exact) mass is 185 g/mol.